The number of nitrogens with zero attached hydrogens (tertiary/aromatic N) is 1. The number of nitrogens with one attached hydrogen (secondary N) is 2. The van der Waals surface area contributed by atoms with Gasteiger partial charge in [-0.05, 0) is 25.1 Å². The van der Waals surface area contributed by atoms with Crippen molar-refractivity contribution in [3.63, 3.8) is 0 Å². The highest BCUT2D eigenvalue weighted by Gasteiger charge is 2.16. The molecule has 2 N–H and O–H groups in total. The zero-order valence-corrected chi connectivity index (χ0v) is 12.3. The Balaban J connectivity index is 2.71. The topological polar surface area (TPSA) is 93.5 Å². The molecule has 7 nitrogen and oxygen atoms in total. The molecule has 1 rings (SSSR count). The van der Waals surface area contributed by atoms with Gasteiger partial charge in [-0.2, -0.15) is 0 Å². The highest BCUT2D eigenvalue weighted by Crippen LogP contribution is 2.28. The van der Waals surface area contributed by atoms with E-state index in [1.165, 1.54) is 6.07 Å². The molecule has 116 valence electrons. The lowest BCUT2D eigenvalue weighted by atomic mass is 10.2. The van der Waals surface area contributed by atoms with Gasteiger partial charge in [0.1, 0.15) is 0 Å². The molecule has 0 fully saturated rings. The molecule has 7 heteroatoms. The van der Waals surface area contributed by atoms with Crippen LogP contribution in [0.15, 0.2) is 18.2 Å². The predicted molar refractivity (Wildman–Crippen MR) is 79.3 cm³/mol. The minimum Gasteiger partial charge on any atom is -0.486 e. The minimum atomic E-state index is -0.488. The summed E-state index contributed by atoms with van der Waals surface area (Å²) in [5.74, 6) is 0.0589. The molecule has 1 aromatic carbocycles. The molecule has 0 atom stereocenters. The maximum atomic E-state index is 11.3. The molecule has 0 radical (unpaired) electrons. The number of hydrogen-bond donors (Lipinski definition) is 2. The molecule has 0 heterocycles. The van der Waals surface area contributed by atoms with Crippen molar-refractivity contribution in [1.82, 2.24) is 10.6 Å². The number of nitro groups is 1. The third-order valence-corrected chi connectivity index (χ3v) is 2.76. The standard InChI is InChI=1S/C14H21N3O4/c1-3-15-10-11-5-6-12(17(19)20)13(9-11)21-8-7-14(18)16-4-2/h5-6,9,15H,3-4,7-8,10H2,1-2H3,(H,16,18). The number of hydrogen-bond acceptors (Lipinski definition) is 5. The summed E-state index contributed by atoms with van der Waals surface area (Å²) in [6.07, 6.45) is 0.169. The third kappa shape index (κ3) is 5.78. The SMILES string of the molecule is CCNCc1ccc([N+](=O)[O-])c(OCCC(=O)NCC)c1. The van der Waals surface area contributed by atoms with E-state index in [4.69, 9.17) is 4.74 Å². The first-order chi connectivity index (χ1) is 10.1. The molecule has 0 unspecified atom stereocenters. The molecule has 21 heavy (non-hydrogen) atoms. The van der Waals surface area contributed by atoms with Gasteiger partial charge in [0.15, 0.2) is 5.75 Å². The molecule has 1 aromatic rings. The van der Waals surface area contributed by atoms with Crippen LogP contribution in [0.4, 0.5) is 5.69 Å². The fourth-order valence-corrected chi connectivity index (χ4v) is 1.74. The van der Waals surface area contributed by atoms with Crippen LogP contribution in [0.25, 0.3) is 0 Å². The van der Waals surface area contributed by atoms with Crippen LogP contribution in [-0.2, 0) is 11.3 Å². The van der Waals surface area contributed by atoms with Crippen molar-refractivity contribution in [2.45, 2.75) is 26.8 Å². The fourth-order valence-electron chi connectivity index (χ4n) is 1.74. The van der Waals surface area contributed by atoms with E-state index in [1.54, 1.807) is 12.1 Å². The second kappa shape index (κ2) is 8.91. The van der Waals surface area contributed by atoms with E-state index in [-0.39, 0.29) is 30.4 Å². The quantitative estimate of drug-likeness (QED) is 0.533. The minimum absolute atomic E-state index is 0.0915. The zero-order chi connectivity index (χ0) is 15.7. The summed E-state index contributed by atoms with van der Waals surface area (Å²) in [5, 5.41) is 16.8. The second-order valence-electron chi connectivity index (χ2n) is 4.39. The number of nitro benzene ring substituents is 1. The van der Waals surface area contributed by atoms with E-state index in [9.17, 15) is 14.9 Å². The maximum Gasteiger partial charge on any atom is 0.310 e. The lowest BCUT2D eigenvalue weighted by Gasteiger charge is -2.09. The van der Waals surface area contributed by atoms with Gasteiger partial charge in [0.2, 0.25) is 5.91 Å². The molecular weight excluding hydrogens is 274 g/mol. The lowest BCUT2D eigenvalue weighted by molar-refractivity contribution is -0.385. The Kier molecular flexibility index (Phi) is 7.17. The normalized spacial score (nSPS) is 10.2. The van der Waals surface area contributed by atoms with Crippen LogP contribution in [0, 0.1) is 10.1 Å². The van der Waals surface area contributed by atoms with E-state index in [0.29, 0.717) is 13.1 Å². The number of carbonyl (C=O) groups is 1. The smallest absolute Gasteiger partial charge is 0.310 e. The zero-order valence-electron chi connectivity index (χ0n) is 12.3. The highest BCUT2D eigenvalue weighted by molar-refractivity contribution is 5.75. The number of carbonyl (C=O) groups excluding carboxylic acids is 1. The molecule has 1 amide bonds. The number of amides is 1. The van der Waals surface area contributed by atoms with Crippen molar-refractivity contribution in [2.75, 3.05) is 19.7 Å². The first-order valence-corrected chi connectivity index (χ1v) is 6.96. The maximum absolute atomic E-state index is 11.3. The number of rotatable bonds is 9. The van der Waals surface area contributed by atoms with Gasteiger partial charge in [0.05, 0.1) is 18.0 Å². The van der Waals surface area contributed by atoms with E-state index in [1.807, 2.05) is 13.8 Å². The van der Waals surface area contributed by atoms with Crippen LogP contribution in [0.3, 0.4) is 0 Å². The summed E-state index contributed by atoms with van der Waals surface area (Å²) in [5.41, 5.74) is 0.807. The fraction of sp³-hybridized carbons (Fsp3) is 0.500. The molecule has 0 aromatic heterocycles. The molecule has 0 spiro atoms. The van der Waals surface area contributed by atoms with Gasteiger partial charge in [-0.3, -0.25) is 14.9 Å². The summed E-state index contributed by atoms with van der Waals surface area (Å²) in [7, 11) is 0. The Morgan fingerprint density at radius 1 is 1.33 bits per heavy atom. The van der Waals surface area contributed by atoms with Crippen LogP contribution in [0.1, 0.15) is 25.8 Å². The van der Waals surface area contributed by atoms with Gasteiger partial charge in [-0.15, -0.1) is 0 Å². The van der Waals surface area contributed by atoms with Crippen molar-refractivity contribution in [3.8, 4) is 5.75 Å². The molecular formula is C14H21N3O4. The van der Waals surface area contributed by atoms with Gasteiger partial charge < -0.3 is 15.4 Å². The van der Waals surface area contributed by atoms with Gasteiger partial charge in [-0.25, -0.2) is 0 Å². The van der Waals surface area contributed by atoms with Crippen molar-refractivity contribution < 1.29 is 14.5 Å². The Labute approximate surface area is 123 Å². The van der Waals surface area contributed by atoms with Crippen LogP contribution < -0.4 is 15.4 Å². The molecule has 0 saturated heterocycles. The Morgan fingerprint density at radius 2 is 2.10 bits per heavy atom. The van der Waals surface area contributed by atoms with Crippen LogP contribution >= 0.6 is 0 Å². The van der Waals surface area contributed by atoms with Crippen LogP contribution in [0.5, 0.6) is 5.75 Å². The Hall–Kier alpha value is -2.15. The summed E-state index contributed by atoms with van der Waals surface area (Å²) < 4.78 is 5.41. The van der Waals surface area contributed by atoms with E-state index < -0.39 is 4.92 Å². The average molecular weight is 295 g/mol. The van der Waals surface area contributed by atoms with E-state index in [2.05, 4.69) is 10.6 Å². The predicted octanol–water partition coefficient (Wildman–Crippen LogP) is 1.61. The largest absolute Gasteiger partial charge is 0.486 e. The second-order valence-corrected chi connectivity index (χ2v) is 4.39. The van der Waals surface area contributed by atoms with Gasteiger partial charge in [0, 0.05) is 19.2 Å². The number of benzene rings is 1. The monoisotopic (exact) mass is 295 g/mol. The average Bonchev–Trinajstić information content (AvgIpc) is 2.45. The third-order valence-electron chi connectivity index (χ3n) is 2.76. The van der Waals surface area contributed by atoms with Crippen LogP contribution in [0.2, 0.25) is 0 Å². The molecule has 0 saturated carbocycles. The van der Waals surface area contributed by atoms with Crippen molar-refractivity contribution >= 4 is 11.6 Å². The summed E-state index contributed by atoms with van der Waals surface area (Å²) in [4.78, 5) is 21.8. The number of ether oxygens (including phenoxy) is 1. The van der Waals surface area contributed by atoms with E-state index in [0.717, 1.165) is 12.1 Å². The molecule has 0 bridgehead atoms. The Bertz CT molecular complexity index is 491. The van der Waals surface area contributed by atoms with Crippen molar-refractivity contribution in [3.05, 3.63) is 33.9 Å². The Morgan fingerprint density at radius 3 is 2.71 bits per heavy atom. The van der Waals surface area contributed by atoms with E-state index >= 15 is 0 Å². The first kappa shape index (κ1) is 16.9. The molecule has 0 aliphatic carbocycles. The summed E-state index contributed by atoms with van der Waals surface area (Å²) in [6.45, 7) is 5.89. The molecule has 0 aliphatic rings. The van der Waals surface area contributed by atoms with Crippen molar-refractivity contribution in [1.29, 1.82) is 0 Å². The summed E-state index contributed by atoms with van der Waals surface area (Å²) >= 11 is 0. The van der Waals surface area contributed by atoms with Crippen molar-refractivity contribution in [2.24, 2.45) is 0 Å². The molecule has 0 aliphatic heterocycles. The van der Waals surface area contributed by atoms with Gasteiger partial charge >= 0.3 is 5.69 Å². The summed E-state index contributed by atoms with van der Waals surface area (Å²) in [6, 6.07) is 4.75. The first-order valence-electron chi connectivity index (χ1n) is 6.96. The van der Waals surface area contributed by atoms with Crippen LogP contribution in [-0.4, -0.2) is 30.5 Å². The highest BCUT2D eigenvalue weighted by atomic mass is 16.6. The van der Waals surface area contributed by atoms with Gasteiger partial charge in [-0.1, -0.05) is 13.0 Å². The lowest BCUT2D eigenvalue weighted by Crippen LogP contribution is -2.24. The van der Waals surface area contributed by atoms with Gasteiger partial charge in [0.25, 0.3) is 0 Å².